The van der Waals surface area contributed by atoms with Crippen LogP contribution in [0.25, 0.3) is 0 Å². The first-order chi connectivity index (χ1) is 11.0. The topological polar surface area (TPSA) is 75.4 Å². The van der Waals surface area contributed by atoms with Gasteiger partial charge in [0.25, 0.3) is 0 Å². The maximum atomic E-state index is 12.0. The van der Waals surface area contributed by atoms with E-state index in [1.165, 1.54) is 6.92 Å². The van der Waals surface area contributed by atoms with E-state index in [1.807, 2.05) is 24.3 Å². The molecule has 0 unspecified atom stereocenters. The van der Waals surface area contributed by atoms with Gasteiger partial charge in [-0.3, -0.25) is 9.59 Å². The van der Waals surface area contributed by atoms with Gasteiger partial charge in [-0.15, -0.1) is 0 Å². The zero-order valence-electron chi connectivity index (χ0n) is 13.4. The first kappa shape index (κ1) is 16.5. The second-order valence-corrected chi connectivity index (χ2v) is 5.42. The molecule has 0 fully saturated rings. The molecule has 23 heavy (non-hydrogen) atoms. The van der Waals surface area contributed by atoms with E-state index >= 15 is 0 Å². The average molecular weight is 311 g/mol. The minimum absolute atomic E-state index is 0.0380. The maximum Gasteiger partial charge on any atom is 0.224 e. The number of nitrogen functional groups attached to an aromatic ring is 1. The van der Waals surface area contributed by atoms with Gasteiger partial charge >= 0.3 is 0 Å². The van der Waals surface area contributed by atoms with Crippen LogP contribution in [0.15, 0.2) is 48.5 Å². The number of nitrogens with one attached hydrogen (secondary N) is 1. The van der Waals surface area contributed by atoms with Gasteiger partial charge in [0.15, 0.2) is 0 Å². The summed E-state index contributed by atoms with van der Waals surface area (Å²) in [5.41, 5.74) is 8.96. The van der Waals surface area contributed by atoms with Crippen LogP contribution in [0.1, 0.15) is 18.9 Å². The van der Waals surface area contributed by atoms with Gasteiger partial charge in [-0.2, -0.15) is 0 Å². The summed E-state index contributed by atoms with van der Waals surface area (Å²) in [5.74, 6) is -0.0935. The Morgan fingerprint density at radius 2 is 1.83 bits per heavy atom. The number of rotatable bonds is 5. The Balaban J connectivity index is 1.89. The van der Waals surface area contributed by atoms with Crippen LogP contribution in [-0.4, -0.2) is 18.9 Å². The predicted octanol–water partition coefficient (Wildman–Crippen LogP) is 2.82. The number of nitrogens with zero attached hydrogens (tertiary/aromatic N) is 1. The van der Waals surface area contributed by atoms with Crippen molar-refractivity contribution >= 4 is 28.9 Å². The molecule has 0 heterocycles. The number of aryl methyl sites for hydroxylation is 1. The molecule has 3 N–H and O–H groups in total. The Hall–Kier alpha value is -2.82. The van der Waals surface area contributed by atoms with Gasteiger partial charge in [-0.1, -0.05) is 12.1 Å². The van der Waals surface area contributed by atoms with Crippen molar-refractivity contribution in [2.45, 2.75) is 19.8 Å². The normalized spacial score (nSPS) is 10.2. The molecule has 0 aliphatic rings. The SMILES string of the molecule is CC(=O)N(C)c1ccc(NC(=O)CCc2cccc(N)c2)cc1. The number of carbonyl (C=O) groups excluding carboxylic acids is 2. The van der Waals surface area contributed by atoms with Gasteiger partial charge in [0.05, 0.1) is 0 Å². The van der Waals surface area contributed by atoms with Crippen molar-refractivity contribution in [1.82, 2.24) is 0 Å². The molecule has 0 aromatic heterocycles. The van der Waals surface area contributed by atoms with Gasteiger partial charge in [-0.25, -0.2) is 0 Å². The van der Waals surface area contributed by atoms with E-state index in [1.54, 1.807) is 36.2 Å². The lowest BCUT2D eigenvalue weighted by atomic mass is 10.1. The van der Waals surface area contributed by atoms with E-state index in [0.29, 0.717) is 24.2 Å². The monoisotopic (exact) mass is 311 g/mol. The van der Waals surface area contributed by atoms with Crippen LogP contribution in [0.5, 0.6) is 0 Å². The summed E-state index contributed by atoms with van der Waals surface area (Å²) in [6.07, 6.45) is 1.03. The molecule has 2 aromatic carbocycles. The maximum absolute atomic E-state index is 12.0. The number of hydrogen-bond acceptors (Lipinski definition) is 3. The van der Waals surface area contributed by atoms with Crippen molar-refractivity contribution < 1.29 is 9.59 Å². The Morgan fingerprint density at radius 1 is 1.13 bits per heavy atom. The van der Waals surface area contributed by atoms with Crippen LogP contribution in [0.4, 0.5) is 17.1 Å². The van der Waals surface area contributed by atoms with Crippen LogP contribution >= 0.6 is 0 Å². The third kappa shape index (κ3) is 4.85. The molecule has 2 rings (SSSR count). The van der Waals surface area contributed by atoms with E-state index in [4.69, 9.17) is 5.73 Å². The number of hydrogen-bond donors (Lipinski definition) is 2. The fraction of sp³-hybridized carbons (Fsp3) is 0.222. The highest BCUT2D eigenvalue weighted by Gasteiger charge is 2.07. The number of carbonyl (C=O) groups is 2. The van der Waals surface area contributed by atoms with Crippen LogP contribution in [0.3, 0.4) is 0 Å². The summed E-state index contributed by atoms with van der Waals surface area (Å²) in [7, 11) is 1.71. The quantitative estimate of drug-likeness (QED) is 0.834. The smallest absolute Gasteiger partial charge is 0.224 e. The number of amides is 2. The summed E-state index contributed by atoms with van der Waals surface area (Å²) >= 11 is 0. The molecule has 0 saturated heterocycles. The standard InChI is InChI=1S/C18H21N3O2/c1-13(22)21(2)17-9-7-16(8-10-17)20-18(23)11-6-14-4-3-5-15(19)12-14/h3-5,7-10,12H,6,11,19H2,1-2H3,(H,20,23). The molecule has 2 amide bonds. The van der Waals surface area contributed by atoms with Crippen LogP contribution in [-0.2, 0) is 16.0 Å². The summed E-state index contributed by atoms with van der Waals surface area (Å²) in [4.78, 5) is 24.8. The fourth-order valence-electron chi connectivity index (χ4n) is 2.18. The molecule has 0 bridgehead atoms. The summed E-state index contributed by atoms with van der Waals surface area (Å²) in [5, 5.41) is 2.85. The fourth-order valence-corrected chi connectivity index (χ4v) is 2.18. The predicted molar refractivity (Wildman–Crippen MR) is 93.3 cm³/mol. The average Bonchev–Trinajstić information content (AvgIpc) is 2.53. The third-order valence-corrected chi connectivity index (χ3v) is 3.60. The molecular formula is C18H21N3O2. The van der Waals surface area contributed by atoms with E-state index in [0.717, 1.165) is 11.3 Å². The van der Waals surface area contributed by atoms with Crippen LogP contribution in [0.2, 0.25) is 0 Å². The molecule has 5 nitrogen and oxygen atoms in total. The molecule has 0 aliphatic carbocycles. The lowest BCUT2D eigenvalue weighted by molar-refractivity contribution is -0.117. The van der Waals surface area contributed by atoms with E-state index < -0.39 is 0 Å². The highest BCUT2D eigenvalue weighted by molar-refractivity contribution is 5.93. The minimum atomic E-state index is -0.0555. The molecule has 0 spiro atoms. The highest BCUT2D eigenvalue weighted by atomic mass is 16.2. The first-order valence-electron chi connectivity index (χ1n) is 7.44. The van der Waals surface area contributed by atoms with Gasteiger partial charge in [0, 0.05) is 37.5 Å². The molecular weight excluding hydrogens is 290 g/mol. The third-order valence-electron chi connectivity index (χ3n) is 3.60. The van der Waals surface area contributed by atoms with Gasteiger partial charge < -0.3 is 16.0 Å². The first-order valence-corrected chi connectivity index (χ1v) is 7.44. The Labute approximate surface area is 136 Å². The zero-order chi connectivity index (χ0) is 16.8. The molecule has 2 aromatic rings. The van der Waals surface area contributed by atoms with Crippen molar-refractivity contribution in [2.75, 3.05) is 23.0 Å². The Kier molecular flexibility index (Phi) is 5.36. The lowest BCUT2D eigenvalue weighted by Gasteiger charge is -2.15. The van der Waals surface area contributed by atoms with Crippen molar-refractivity contribution in [3.05, 3.63) is 54.1 Å². The molecule has 120 valence electrons. The van der Waals surface area contributed by atoms with Crippen molar-refractivity contribution in [1.29, 1.82) is 0 Å². The van der Waals surface area contributed by atoms with Crippen LogP contribution < -0.4 is 16.0 Å². The van der Waals surface area contributed by atoms with Gasteiger partial charge in [-0.05, 0) is 48.4 Å². The van der Waals surface area contributed by atoms with Crippen LogP contribution in [0, 0.1) is 0 Å². The summed E-state index contributed by atoms with van der Waals surface area (Å²) in [6.45, 7) is 1.51. The molecule has 5 heteroatoms. The van der Waals surface area contributed by atoms with Gasteiger partial charge in [0.1, 0.15) is 0 Å². The molecule has 0 saturated carbocycles. The minimum Gasteiger partial charge on any atom is -0.399 e. The van der Waals surface area contributed by atoms with Crippen molar-refractivity contribution in [3.8, 4) is 0 Å². The van der Waals surface area contributed by atoms with Crippen molar-refractivity contribution in [3.63, 3.8) is 0 Å². The Bertz CT molecular complexity index is 696. The van der Waals surface area contributed by atoms with Crippen molar-refractivity contribution in [2.24, 2.45) is 0 Å². The number of nitrogens with two attached hydrogens (primary N) is 1. The van der Waals surface area contributed by atoms with Gasteiger partial charge in [0.2, 0.25) is 11.8 Å². The van der Waals surface area contributed by atoms with E-state index in [9.17, 15) is 9.59 Å². The second kappa shape index (κ2) is 7.45. The second-order valence-electron chi connectivity index (χ2n) is 5.42. The molecule has 0 atom stereocenters. The number of benzene rings is 2. The zero-order valence-corrected chi connectivity index (χ0v) is 13.4. The summed E-state index contributed by atoms with van der Waals surface area (Å²) in [6, 6.07) is 14.7. The molecule has 0 radical (unpaired) electrons. The molecule has 0 aliphatic heterocycles. The van der Waals surface area contributed by atoms with E-state index in [2.05, 4.69) is 5.32 Å². The van der Waals surface area contributed by atoms with E-state index in [-0.39, 0.29) is 11.8 Å². The summed E-state index contributed by atoms with van der Waals surface area (Å²) < 4.78 is 0. The Morgan fingerprint density at radius 3 is 2.43 bits per heavy atom. The number of anilines is 3. The lowest BCUT2D eigenvalue weighted by Crippen LogP contribution is -2.22. The largest absolute Gasteiger partial charge is 0.399 e. The highest BCUT2D eigenvalue weighted by Crippen LogP contribution is 2.17.